The first-order chi connectivity index (χ1) is 6.45. The van der Waals surface area contributed by atoms with E-state index in [-0.39, 0.29) is 5.91 Å². The lowest BCUT2D eigenvalue weighted by molar-refractivity contribution is -0.129. The number of nitrogens with one attached hydrogen (secondary N) is 1. The SMILES string of the molecule is CC1CC(NC(=O)C(C)(C)CN)CS1. The fourth-order valence-corrected chi connectivity index (χ4v) is 2.54. The molecular weight excluding hydrogens is 196 g/mol. The van der Waals surface area contributed by atoms with E-state index in [0.717, 1.165) is 12.2 Å². The molecule has 1 aliphatic heterocycles. The Labute approximate surface area is 90.2 Å². The van der Waals surface area contributed by atoms with Gasteiger partial charge in [0.2, 0.25) is 5.91 Å². The summed E-state index contributed by atoms with van der Waals surface area (Å²) >= 11 is 1.92. The first kappa shape index (κ1) is 11.9. The Kier molecular flexibility index (Phi) is 3.84. The molecule has 0 radical (unpaired) electrons. The van der Waals surface area contributed by atoms with E-state index in [1.54, 1.807) is 0 Å². The quantitative estimate of drug-likeness (QED) is 0.739. The Hall–Kier alpha value is -0.220. The molecule has 0 aliphatic carbocycles. The van der Waals surface area contributed by atoms with Crippen LogP contribution in [-0.4, -0.2) is 29.5 Å². The van der Waals surface area contributed by atoms with Crippen molar-refractivity contribution < 1.29 is 4.79 Å². The van der Waals surface area contributed by atoms with Gasteiger partial charge < -0.3 is 11.1 Å². The highest BCUT2D eigenvalue weighted by atomic mass is 32.2. The highest BCUT2D eigenvalue weighted by Gasteiger charge is 2.30. The molecule has 1 fully saturated rings. The summed E-state index contributed by atoms with van der Waals surface area (Å²) in [5.41, 5.74) is 5.11. The minimum atomic E-state index is -0.434. The van der Waals surface area contributed by atoms with Crippen molar-refractivity contribution >= 4 is 17.7 Å². The van der Waals surface area contributed by atoms with Gasteiger partial charge in [-0.2, -0.15) is 11.8 Å². The van der Waals surface area contributed by atoms with Crippen molar-refractivity contribution in [2.24, 2.45) is 11.1 Å². The van der Waals surface area contributed by atoms with E-state index in [4.69, 9.17) is 5.73 Å². The van der Waals surface area contributed by atoms with E-state index < -0.39 is 5.41 Å². The van der Waals surface area contributed by atoms with E-state index in [9.17, 15) is 4.79 Å². The molecule has 0 aromatic carbocycles. The second-order valence-electron chi connectivity index (χ2n) is 4.64. The second-order valence-corrected chi connectivity index (χ2v) is 6.11. The summed E-state index contributed by atoms with van der Waals surface area (Å²) in [6.07, 6.45) is 1.08. The molecule has 1 aliphatic rings. The predicted octanol–water partition coefficient (Wildman–Crippen LogP) is 0.981. The van der Waals surface area contributed by atoms with Crippen molar-refractivity contribution in [1.82, 2.24) is 5.32 Å². The van der Waals surface area contributed by atoms with Gasteiger partial charge in [0.05, 0.1) is 5.41 Å². The van der Waals surface area contributed by atoms with E-state index in [2.05, 4.69) is 12.2 Å². The normalized spacial score (nSPS) is 27.7. The van der Waals surface area contributed by atoms with Gasteiger partial charge >= 0.3 is 0 Å². The first-order valence-electron chi connectivity index (χ1n) is 5.08. The van der Waals surface area contributed by atoms with E-state index >= 15 is 0 Å². The molecule has 0 bridgehead atoms. The summed E-state index contributed by atoms with van der Waals surface area (Å²) in [5.74, 6) is 1.12. The van der Waals surface area contributed by atoms with Gasteiger partial charge in [0.1, 0.15) is 0 Å². The van der Waals surface area contributed by atoms with Crippen LogP contribution in [0.1, 0.15) is 27.2 Å². The van der Waals surface area contributed by atoms with Crippen LogP contribution in [0.5, 0.6) is 0 Å². The fourth-order valence-electron chi connectivity index (χ4n) is 1.39. The van der Waals surface area contributed by atoms with Gasteiger partial charge in [-0.25, -0.2) is 0 Å². The lowest BCUT2D eigenvalue weighted by Crippen LogP contribution is -2.46. The monoisotopic (exact) mass is 216 g/mol. The van der Waals surface area contributed by atoms with Crippen molar-refractivity contribution in [3.05, 3.63) is 0 Å². The minimum absolute atomic E-state index is 0.0831. The van der Waals surface area contributed by atoms with Gasteiger partial charge in [-0.05, 0) is 20.3 Å². The fraction of sp³-hybridized carbons (Fsp3) is 0.900. The van der Waals surface area contributed by atoms with Crippen LogP contribution in [0.15, 0.2) is 0 Å². The predicted molar refractivity (Wildman–Crippen MR) is 61.3 cm³/mol. The van der Waals surface area contributed by atoms with E-state index in [1.807, 2.05) is 25.6 Å². The van der Waals surface area contributed by atoms with Gasteiger partial charge in [-0.15, -0.1) is 0 Å². The molecule has 0 aromatic rings. The number of nitrogens with two attached hydrogens (primary N) is 1. The van der Waals surface area contributed by atoms with Gasteiger partial charge in [-0.3, -0.25) is 4.79 Å². The van der Waals surface area contributed by atoms with E-state index in [1.165, 1.54) is 0 Å². The van der Waals surface area contributed by atoms with Crippen molar-refractivity contribution in [2.45, 2.75) is 38.5 Å². The van der Waals surface area contributed by atoms with Crippen LogP contribution in [0.4, 0.5) is 0 Å². The molecule has 14 heavy (non-hydrogen) atoms. The first-order valence-corrected chi connectivity index (χ1v) is 6.13. The van der Waals surface area contributed by atoms with Gasteiger partial charge in [0.15, 0.2) is 0 Å². The standard InChI is InChI=1S/C10H20N2OS/c1-7-4-8(5-14-7)12-9(13)10(2,3)6-11/h7-8H,4-6,11H2,1-3H3,(H,12,13). The summed E-state index contributed by atoms with van der Waals surface area (Å²) in [6, 6.07) is 0.341. The van der Waals surface area contributed by atoms with Crippen LogP contribution >= 0.6 is 11.8 Å². The Morgan fingerprint density at radius 3 is 2.71 bits per heavy atom. The third-order valence-electron chi connectivity index (χ3n) is 2.66. The Morgan fingerprint density at radius 2 is 2.29 bits per heavy atom. The largest absolute Gasteiger partial charge is 0.352 e. The zero-order valence-electron chi connectivity index (χ0n) is 9.17. The molecule has 1 amide bonds. The topological polar surface area (TPSA) is 55.1 Å². The number of rotatable bonds is 3. The molecule has 1 heterocycles. The molecule has 3 nitrogen and oxygen atoms in total. The van der Waals surface area contributed by atoms with Gasteiger partial charge in [0.25, 0.3) is 0 Å². The van der Waals surface area contributed by atoms with E-state index in [0.29, 0.717) is 17.8 Å². The maximum absolute atomic E-state index is 11.8. The smallest absolute Gasteiger partial charge is 0.227 e. The summed E-state index contributed by atoms with van der Waals surface area (Å²) in [4.78, 5) is 11.8. The summed E-state index contributed by atoms with van der Waals surface area (Å²) in [7, 11) is 0. The number of thioether (sulfide) groups is 1. The second kappa shape index (κ2) is 4.53. The molecule has 1 saturated heterocycles. The molecular formula is C10H20N2OS. The van der Waals surface area contributed by atoms with Crippen molar-refractivity contribution in [3.63, 3.8) is 0 Å². The highest BCUT2D eigenvalue weighted by molar-refractivity contribution is 8.00. The van der Waals surface area contributed by atoms with Gasteiger partial charge in [0, 0.05) is 23.6 Å². The van der Waals surface area contributed by atoms with Crippen LogP contribution < -0.4 is 11.1 Å². The number of amides is 1. The van der Waals surface area contributed by atoms with Gasteiger partial charge in [-0.1, -0.05) is 6.92 Å². The number of carbonyl (C=O) groups is 1. The highest BCUT2D eigenvalue weighted by Crippen LogP contribution is 2.26. The number of hydrogen-bond donors (Lipinski definition) is 2. The molecule has 3 N–H and O–H groups in total. The average Bonchev–Trinajstić information content (AvgIpc) is 2.51. The zero-order valence-corrected chi connectivity index (χ0v) is 9.99. The Morgan fingerprint density at radius 1 is 1.64 bits per heavy atom. The molecule has 4 heteroatoms. The van der Waals surface area contributed by atoms with Crippen LogP contribution in [-0.2, 0) is 4.79 Å². The molecule has 1 rings (SSSR count). The number of hydrogen-bond acceptors (Lipinski definition) is 3. The van der Waals surface area contributed by atoms with Crippen LogP contribution in [0, 0.1) is 5.41 Å². The molecule has 2 atom stereocenters. The van der Waals surface area contributed by atoms with Crippen LogP contribution in [0.2, 0.25) is 0 Å². The molecule has 0 saturated carbocycles. The molecule has 82 valence electrons. The summed E-state index contributed by atoms with van der Waals surface area (Å²) in [5, 5.41) is 3.73. The maximum atomic E-state index is 11.8. The van der Waals surface area contributed by atoms with Crippen molar-refractivity contribution in [3.8, 4) is 0 Å². The number of carbonyl (C=O) groups excluding carboxylic acids is 1. The van der Waals surface area contributed by atoms with Crippen molar-refractivity contribution in [2.75, 3.05) is 12.3 Å². The maximum Gasteiger partial charge on any atom is 0.227 e. The molecule has 0 spiro atoms. The zero-order chi connectivity index (χ0) is 10.8. The van der Waals surface area contributed by atoms with Crippen molar-refractivity contribution in [1.29, 1.82) is 0 Å². The van der Waals surface area contributed by atoms with Crippen LogP contribution in [0.3, 0.4) is 0 Å². The minimum Gasteiger partial charge on any atom is -0.352 e. The average molecular weight is 216 g/mol. The lowest BCUT2D eigenvalue weighted by Gasteiger charge is -2.23. The molecule has 0 aromatic heterocycles. The third-order valence-corrected chi connectivity index (χ3v) is 4.01. The third kappa shape index (κ3) is 2.89. The Balaban J connectivity index is 2.41. The Bertz CT molecular complexity index is 218. The molecule has 2 unspecified atom stereocenters. The lowest BCUT2D eigenvalue weighted by atomic mass is 9.92. The summed E-state index contributed by atoms with van der Waals surface area (Å²) in [6.45, 7) is 6.36. The summed E-state index contributed by atoms with van der Waals surface area (Å²) < 4.78 is 0. The van der Waals surface area contributed by atoms with Crippen LogP contribution in [0.25, 0.3) is 0 Å².